The van der Waals surface area contributed by atoms with Crippen molar-refractivity contribution in [2.45, 2.75) is 56.9 Å². The Morgan fingerprint density at radius 2 is 2.00 bits per heavy atom. The van der Waals surface area contributed by atoms with Crippen molar-refractivity contribution >= 4 is 11.9 Å². The lowest BCUT2D eigenvalue weighted by Crippen LogP contribution is -2.34. The summed E-state index contributed by atoms with van der Waals surface area (Å²) in [5.74, 6) is 0.186. The van der Waals surface area contributed by atoms with Crippen molar-refractivity contribution < 1.29 is 9.18 Å². The van der Waals surface area contributed by atoms with E-state index >= 15 is 0 Å². The van der Waals surface area contributed by atoms with Crippen molar-refractivity contribution in [2.24, 2.45) is 11.7 Å². The maximum absolute atomic E-state index is 14.4. The quantitative estimate of drug-likeness (QED) is 0.836. The van der Waals surface area contributed by atoms with Crippen LogP contribution in [0.2, 0.25) is 0 Å². The number of nitrogens with one attached hydrogen (secondary N) is 1. The molecule has 2 saturated carbocycles. The molecule has 0 unspecified atom stereocenters. The Bertz CT molecular complexity index is 837. The van der Waals surface area contributed by atoms with E-state index in [-0.39, 0.29) is 17.9 Å². The monoisotopic (exact) mass is 368 g/mol. The average Bonchev–Trinajstić information content (AvgIpc) is 2.62. The minimum absolute atomic E-state index is 0.0795. The molecule has 5 nitrogen and oxygen atoms in total. The van der Waals surface area contributed by atoms with E-state index < -0.39 is 5.82 Å². The van der Waals surface area contributed by atoms with E-state index in [1.165, 1.54) is 31.0 Å². The number of anilines is 1. The minimum Gasteiger partial charge on any atom is -0.369 e. The molecule has 1 aromatic heterocycles. The molecule has 27 heavy (non-hydrogen) atoms. The van der Waals surface area contributed by atoms with Crippen molar-refractivity contribution in [3.8, 4) is 11.3 Å². The smallest absolute Gasteiger partial charge is 0.223 e. The zero-order chi connectivity index (χ0) is 18.8. The number of hydrogen-bond acceptors (Lipinski definition) is 4. The largest absolute Gasteiger partial charge is 0.369 e. The molecule has 6 heteroatoms. The fraction of sp³-hybridized carbons (Fsp3) is 0.476. The van der Waals surface area contributed by atoms with E-state index in [1.54, 1.807) is 0 Å². The Kier molecular flexibility index (Phi) is 5.05. The topological polar surface area (TPSA) is 80.9 Å². The molecular weight excluding hydrogens is 343 g/mol. The molecule has 0 radical (unpaired) electrons. The van der Waals surface area contributed by atoms with Gasteiger partial charge in [0.1, 0.15) is 5.69 Å². The van der Waals surface area contributed by atoms with Crippen LogP contribution < -0.4 is 11.1 Å². The standard InChI is InChI=1S/C21H25FN4O/c22-18-12-24-21(25-17-9-3-8-16(11-17)20(23)27)26-19(18)15-7-2-6-14(10-15)13-4-1-5-13/h2,6-7,10,12-13,16-17H,1,3-5,8-9,11H2,(H2,23,27)(H,24,25,26)/t16-,17+/m0/s1. The summed E-state index contributed by atoms with van der Waals surface area (Å²) in [4.78, 5) is 20.0. The van der Waals surface area contributed by atoms with Crippen LogP contribution in [0.15, 0.2) is 30.5 Å². The number of halogens is 1. The van der Waals surface area contributed by atoms with Crippen molar-refractivity contribution in [2.75, 3.05) is 5.32 Å². The Labute approximate surface area is 158 Å². The van der Waals surface area contributed by atoms with Gasteiger partial charge in [0.2, 0.25) is 11.9 Å². The molecule has 2 atom stereocenters. The second kappa shape index (κ2) is 7.62. The number of aromatic nitrogens is 2. The van der Waals surface area contributed by atoms with Gasteiger partial charge in [-0.15, -0.1) is 0 Å². The number of primary amides is 1. The lowest BCUT2D eigenvalue weighted by molar-refractivity contribution is -0.122. The second-order valence-electron chi connectivity index (χ2n) is 7.75. The Hall–Kier alpha value is -2.50. The summed E-state index contributed by atoms with van der Waals surface area (Å²) in [6.07, 6.45) is 8.24. The molecule has 3 N–H and O–H groups in total. The normalized spacial score (nSPS) is 22.9. The summed E-state index contributed by atoms with van der Waals surface area (Å²) >= 11 is 0. The van der Waals surface area contributed by atoms with Crippen LogP contribution in [-0.2, 0) is 4.79 Å². The fourth-order valence-corrected chi connectivity index (χ4v) is 4.08. The highest BCUT2D eigenvalue weighted by Gasteiger charge is 2.26. The van der Waals surface area contributed by atoms with Gasteiger partial charge >= 0.3 is 0 Å². The summed E-state index contributed by atoms with van der Waals surface area (Å²) in [6, 6.07) is 8.09. The molecule has 0 bridgehead atoms. The van der Waals surface area contributed by atoms with Crippen molar-refractivity contribution in [3.63, 3.8) is 0 Å². The maximum atomic E-state index is 14.4. The van der Waals surface area contributed by atoms with Crippen LogP contribution in [-0.4, -0.2) is 21.9 Å². The van der Waals surface area contributed by atoms with Crippen LogP contribution in [0, 0.1) is 11.7 Å². The van der Waals surface area contributed by atoms with Crippen LogP contribution in [0.25, 0.3) is 11.3 Å². The highest BCUT2D eigenvalue weighted by molar-refractivity contribution is 5.76. The van der Waals surface area contributed by atoms with E-state index in [0.717, 1.165) is 24.8 Å². The molecular formula is C21H25FN4O. The average molecular weight is 368 g/mol. The molecule has 2 aromatic rings. The van der Waals surface area contributed by atoms with Gasteiger partial charge in [0.15, 0.2) is 5.82 Å². The van der Waals surface area contributed by atoms with Gasteiger partial charge in [0.05, 0.1) is 6.20 Å². The number of amides is 1. The molecule has 142 valence electrons. The molecule has 2 aliphatic carbocycles. The van der Waals surface area contributed by atoms with Crippen molar-refractivity contribution in [1.29, 1.82) is 0 Å². The number of carbonyl (C=O) groups is 1. The highest BCUT2D eigenvalue weighted by Crippen LogP contribution is 2.37. The lowest BCUT2D eigenvalue weighted by atomic mass is 9.79. The number of rotatable bonds is 5. The van der Waals surface area contributed by atoms with E-state index in [0.29, 0.717) is 24.0 Å². The van der Waals surface area contributed by atoms with Crippen LogP contribution in [0.3, 0.4) is 0 Å². The first-order valence-electron chi connectivity index (χ1n) is 9.79. The van der Waals surface area contributed by atoms with E-state index in [9.17, 15) is 9.18 Å². The van der Waals surface area contributed by atoms with Gasteiger partial charge < -0.3 is 11.1 Å². The Balaban J connectivity index is 1.54. The van der Waals surface area contributed by atoms with Gasteiger partial charge in [0, 0.05) is 17.5 Å². The zero-order valence-electron chi connectivity index (χ0n) is 15.3. The summed E-state index contributed by atoms with van der Waals surface area (Å²) in [6.45, 7) is 0. The first kappa shape index (κ1) is 17.9. The third-order valence-corrected chi connectivity index (χ3v) is 5.89. The molecule has 0 aliphatic heterocycles. The first-order chi connectivity index (χ1) is 13.1. The molecule has 1 aromatic carbocycles. The third-order valence-electron chi connectivity index (χ3n) is 5.89. The van der Waals surface area contributed by atoms with Crippen LogP contribution in [0.5, 0.6) is 0 Å². The maximum Gasteiger partial charge on any atom is 0.223 e. The van der Waals surface area contributed by atoms with Gasteiger partial charge in [-0.2, -0.15) is 0 Å². The van der Waals surface area contributed by atoms with Crippen molar-refractivity contribution in [3.05, 3.63) is 41.8 Å². The van der Waals surface area contributed by atoms with E-state index in [4.69, 9.17) is 5.73 Å². The van der Waals surface area contributed by atoms with E-state index in [1.807, 2.05) is 18.2 Å². The number of carbonyl (C=O) groups excluding carboxylic acids is 1. The molecule has 2 aliphatic rings. The highest BCUT2D eigenvalue weighted by atomic mass is 19.1. The predicted octanol–water partition coefficient (Wildman–Crippen LogP) is 4.01. The van der Waals surface area contributed by atoms with Gasteiger partial charge in [0.25, 0.3) is 0 Å². The second-order valence-corrected chi connectivity index (χ2v) is 7.75. The number of nitrogens with zero attached hydrogens (tertiary/aromatic N) is 2. The zero-order valence-corrected chi connectivity index (χ0v) is 15.3. The Morgan fingerprint density at radius 1 is 1.19 bits per heavy atom. The van der Waals surface area contributed by atoms with Gasteiger partial charge in [-0.05, 0) is 49.7 Å². The predicted molar refractivity (Wildman–Crippen MR) is 103 cm³/mol. The van der Waals surface area contributed by atoms with Crippen molar-refractivity contribution in [1.82, 2.24) is 9.97 Å². The van der Waals surface area contributed by atoms with Crippen LogP contribution in [0.1, 0.15) is 56.4 Å². The minimum atomic E-state index is -0.426. The molecule has 1 heterocycles. The van der Waals surface area contributed by atoms with Crippen LogP contribution >= 0.6 is 0 Å². The van der Waals surface area contributed by atoms with Gasteiger partial charge in [-0.3, -0.25) is 4.79 Å². The molecule has 1 amide bonds. The summed E-state index contributed by atoms with van der Waals surface area (Å²) in [7, 11) is 0. The number of benzene rings is 1. The summed E-state index contributed by atoms with van der Waals surface area (Å²) < 4.78 is 14.4. The molecule has 0 spiro atoms. The molecule has 2 fully saturated rings. The number of nitrogens with two attached hydrogens (primary N) is 1. The van der Waals surface area contributed by atoms with Gasteiger partial charge in [-0.25, -0.2) is 14.4 Å². The SMILES string of the molecule is NC(=O)[C@H]1CCC[C@@H](Nc2ncc(F)c(-c3cccc(C4CCC4)c3)n2)C1. The van der Waals surface area contributed by atoms with Gasteiger partial charge in [-0.1, -0.05) is 31.0 Å². The number of hydrogen-bond donors (Lipinski definition) is 2. The van der Waals surface area contributed by atoms with Crippen LogP contribution in [0.4, 0.5) is 10.3 Å². The lowest BCUT2D eigenvalue weighted by Gasteiger charge is -2.28. The molecule has 0 saturated heterocycles. The van der Waals surface area contributed by atoms with E-state index in [2.05, 4.69) is 21.4 Å². The summed E-state index contributed by atoms with van der Waals surface area (Å²) in [5, 5.41) is 3.27. The third kappa shape index (κ3) is 3.94. The Morgan fingerprint density at radius 3 is 2.74 bits per heavy atom. The first-order valence-corrected chi connectivity index (χ1v) is 9.79. The summed E-state index contributed by atoms with van der Waals surface area (Å²) in [5.41, 5.74) is 7.80. The molecule has 4 rings (SSSR count). The fourth-order valence-electron chi connectivity index (χ4n) is 4.08.